The molecule has 1 fully saturated rings. The molecule has 0 saturated heterocycles. The van der Waals surface area contributed by atoms with Crippen molar-refractivity contribution >= 4 is 5.95 Å². The van der Waals surface area contributed by atoms with Crippen LogP contribution in [0.1, 0.15) is 24.1 Å². The maximum absolute atomic E-state index is 5.67. The highest BCUT2D eigenvalue weighted by Gasteiger charge is 2.32. The van der Waals surface area contributed by atoms with Crippen molar-refractivity contribution in [2.24, 2.45) is 0 Å². The van der Waals surface area contributed by atoms with Gasteiger partial charge >= 0.3 is 0 Å². The first kappa shape index (κ1) is 9.84. The molecular formula is C11H16N4O. The molecule has 1 aliphatic carbocycles. The van der Waals surface area contributed by atoms with Crippen molar-refractivity contribution in [2.45, 2.75) is 31.8 Å². The average Bonchev–Trinajstić information content (AvgIpc) is 3.10. The van der Waals surface area contributed by atoms with Gasteiger partial charge in [0, 0.05) is 24.7 Å². The first-order valence-corrected chi connectivity index (χ1v) is 5.71. The molecule has 0 bridgehead atoms. The Morgan fingerprint density at radius 1 is 1.38 bits per heavy atom. The van der Waals surface area contributed by atoms with E-state index in [1.807, 2.05) is 0 Å². The lowest BCUT2D eigenvalue weighted by Gasteiger charge is -2.28. The number of nitrogen functional groups attached to an aromatic ring is 1. The van der Waals surface area contributed by atoms with Crippen LogP contribution in [-0.2, 0) is 13.0 Å². The molecule has 1 aromatic heterocycles. The summed E-state index contributed by atoms with van der Waals surface area (Å²) >= 11 is 0. The lowest BCUT2D eigenvalue weighted by molar-refractivity contribution is 0.236. The first-order chi connectivity index (χ1) is 7.78. The molecule has 0 unspecified atom stereocenters. The highest BCUT2D eigenvalue weighted by molar-refractivity contribution is 5.37. The molecule has 0 radical (unpaired) electrons. The molecule has 0 atom stereocenters. The van der Waals surface area contributed by atoms with Crippen LogP contribution < -0.4 is 10.5 Å². The Morgan fingerprint density at radius 2 is 2.19 bits per heavy atom. The molecule has 86 valence electrons. The van der Waals surface area contributed by atoms with Crippen molar-refractivity contribution in [3.05, 3.63) is 11.3 Å². The number of fused-ring (bicyclic) bond motifs is 1. The zero-order chi connectivity index (χ0) is 11.1. The molecule has 1 aliphatic heterocycles. The highest BCUT2D eigenvalue weighted by atomic mass is 16.5. The second-order valence-corrected chi connectivity index (χ2v) is 4.47. The molecule has 1 saturated carbocycles. The number of ether oxygens (including phenoxy) is 1. The molecule has 0 spiro atoms. The third kappa shape index (κ3) is 1.61. The van der Waals surface area contributed by atoms with Crippen LogP contribution in [0, 0.1) is 0 Å². The van der Waals surface area contributed by atoms with E-state index in [9.17, 15) is 0 Å². The van der Waals surface area contributed by atoms with E-state index < -0.39 is 0 Å². The van der Waals surface area contributed by atoms with Crippen LogP contribution in [0.25, 0.3) is 0 Å². The van der Waals surface area contributed by atoms with Gasteiger partial charge in [-0.05, 0) is 19.3 Å². The molecule has 3 rings (SSSR count). The SMILES string of the molecule is COc1nc(N)nc2c1CCN(C1CC1)C2. The smallest absolute Gasteiger partial charge is 0.223 e. The quantitative estimate of drug-likeness (QED) is 0.790. The van der Waals surface area contributed by atoms with E-state index in [1.54, 1.807) is 7.11 Å². The Bertz CT molecular complexity index is 417. The van der Waals surface area contributed by atoms with Gasteiger partial charge in [0.15, 0.2) is 0 Å². The van der Waals surface area contributed by atoms with Crippen LogP contribution >= 0.6 is 0 Å². The maximum atomic E-state index is 5.67. The maximum Gasteiger partial charge on any atom is 0.223 e. The monoisotopic (exact) mass is 220 g/mol. The molecule has 2 heterocycles. The van der Waals surface area contributed by atoms with Crippen molar-refractivity contribution in [1.29, 1.82) is 0 Å². The van der Waals surface area contributed by atoms with E-state index in [-0.39, 0.29) is 0 Å². The van der Waals surface area contributed by atoms with Crippen molar-refractivity contribution in [3.8, 4) is 5.88 Å². The van der Waals surface area contributed by atoms with E-state index in [1.165, 1.54) is 12.8 Å². The topological polar surface area (TPSA) is 64.3 Å². The number of methoxy groups -OCH3 is 1. The summed E-state index contributed by atoms with van der Waals surface area (Å²) in [5.41, 5.74) is 7.85. The largest absolute Gasteiger partial charge is 0.481 e. The van der Waals surface area contributed by atoms with Gasteiger partial charge in [0.2, 0.25) is 11.8 Å². The highest BCUT2D eigenvalue weighted by Crippen LogP contribution is 2.33. The molecule has 2 aliphatic rings. The van der Waals surface area contributed by atoms with Gasteiger partial charge < -0.3 is 10.5 Å². The molecule has 0 aromatic carbocycles. The van der Waals surface area contributed by atoms with Gasteiger partial charge in [0.05, 0.1) is 12.8 Å². The second-order valence-electron chi connectivity index (χ2n) is 4.47. The van der Waals surface area contributed by atoms with E-state index in [2.05, 4.69) is 14.9 Å². The summed E-state index contributed by atoms with van der Waals surface area (Å²) in [6.07, 6.45) is 3.62. The fraction of sp³-hybridized carbons (Fsp3) is 0.636. The first-order valence-electron chi connectivity index (χ1n) is 5.71. The van der Waals surface area contributed by atoms with Crippen LogP contribution in [0.5, 0.6) is 5.88 Å². The number of nitrogens with two attached hydrogens (primary N) is 1. The molecule has 16 heavy (non-hydrogen) atoms. The summed E-state index contributed by atoms with van der Waals surface area (Å²) in [5.74, 6) is 0.964. The zero-order valence-corrected chi connectivity index (χ0v) is 9.44. The lowest BCUT2D eigenvalue weighted by Crippen LogP contribution is -2.33. The van der Waals surface area contributed by atoms with Crippen LogP contribution in [0.2, 0.25) is 0 Å². The summed E-state index contributed by atoms with van der Waals surface area (Å²) < 4.78 is 5.26. The lowest BCUT2D eigenvalue weighted by atomic mass is 10.1. The van der Waals surface area contributed by atoms with Crippen molar-refractivity contribution < 1.29 is 4.74 Å². The second kappa shape index (κ2) is 3.59. The van der Waals surface area contributed by atoms with Crippen molar-refractivity contribution in [2.75, 3.05) is 19.4 Å². The Hall–Kier alpha value is -1.36. The summed E-state index contributed by atoms with van der Waals surface area (Å²) in [5, 5.41) is 0. The Labute approximate surface area is 94.6 Å². The van der Waals surface area contributed by atoms with Gasteiger partial charge in [-0.15, -0.1) is 0 Å². The number of anilines is 1. The minimum atomic E-state index is 0.313. The zero-order valence-electron chi connectivity index (χ0n) is 9.44. The van der Waals surface area contributed by atoms with Crippen LogP contribution in [-0.4, -0.2) is 34.6 Å². The van der Waals surface area contributed by atoms with E-state index in [0.717, 1.165) is 36.8 Å². The van der Waals surface area contributed by atoms with Crippen molar-refractivity contribution in [1.82, 2.24) is 14.9 Å². The summed E-state index contributed by atoms with van der Waals surface area (Å²) in [6.45, 7) is 1.98. The summed E-state index contributed by atoms with van der Waals surface area (Å²) in [4.78, 5) is 10.9. The van der Waals surface area contributed by atoms with Gasteiger partial charge in [-0.1, -0.05) is 0 Å². The fourth-order valence-electron chi connectivity index (χ4n) is 2.35. The minimum Gasteiger partial charge on any atom is -0.481 e. The number of hydrogen-bond acceptors (Lipinski definition) is 5. The normalized spacial score (nSPS) is 20.6. The van der Waals surface area contributed by atoms with Crippen LogP contribution in [0.3, 0.4) is 0 Å². The van der Waals surface area contributed by atoms with Gasteiger partial charge in [0.1, 0.15) is 0 Å². The van der Waals surface area contributed by atoms with Crippen molar-refractivity contribution in [3.63, 3.8) is 0 Å². The average molecular weight is 220 g/mol. The molecule has 0 amide bonds. The number of aromatic nitrogens is 2. The van der Waals surface area contributed by atoms with E-state index in [0.29, 0.717) is 11.8 Å². The molecule has 1 aromatic rings. The number of hydrogen-bond donors (Lipinski definition) is 1. The molecular weight excluding hydrogens is 204 g/mol. The predicted molar refractivity (Wildman–Crippen MR) is 60.1 cm³/mol. The summed E-state index contributed by atoms with van der Waals surface area (Å²) in [6, 6.07) is 0.773. The molecule has 2 N–H and O–H groups in total. The molecule has 5 heteroatoms. The van der Waals surface area contributed by atoms with Gasteiger partial charge in [-0.25, -0.2) is 4.98 Å². The Morgan fingerprint density at radius 3 is 2.88 bits per heavy atom. The fourth-order valence-corrected chi connectivity index (χ4v) is 2.35. The van der Waals surface area contributed by atoms with Gasteiger partial charge in [-0.2, -0.15) is 4.98 Å². The van der Waals surface area contributed by atoms with Crippen LogP contribution in [0.15, 0.2) is 0 Å². The Balaban J connectivity index is 1.93. The third-order valence-electron chi connectivity index (χ3n) is 3.33. The third-order valence-corrected chi connectivity index (χ3v) is 3.33. The van der Waals surface area contributed by atoms with E-state index in [4.69, 9.17) is 10.5 Å². The van der Waals surface area contributed by atoms with Gasteiger partial charge in [0.25, 0.3) is 0 Å². The number of nitrogens with zero attached hydrogens (tertiary/aromatic N) is 3. The summed E-state index contributed by atoms with van der Waals surface area (Å²) in [7, 11) is 1.63. The number of rotatable bonds is 2. The molecule has 5 nitrogen and oxygen atoms in total. The Kier molecular flexibility index (Phi) is 2.21. The van der Waals surface area contributed by atoms with E-state index >= 15 is 0 Å². The van der Waals surface area contributed by atoms with Crippen LogP contribution in [0.4, 0.5) is 5.95 Å². The van der Waals surface area contributed by atoms with Gasteiger partial charge in [-0.3, -0.25) is 4.90 Å². The standard InChI is InChI=1S/C11H16N4O/c1-16-10-8-4-5-15(7-2-3-7)6-9(8)13-11(12)14-10/h7H,2-6H2,1H3,(H2,12,13,14). The minimum absolute atomic E-state index is 0.313. The predicted octanol–water partition coefficient (Wildman–Crippen LogP) is 0.588.